The van der Waals surface area contributed by atoms with Crippen molar-refractivity contribution in [2.75, 3.05) is 88.6 Å². The molecule has 0 aliphatic carbocycles. The van der Waals surface area contributed by atoms with Gasteiger partial charge in [-0.3, -0.25) is 4.79 Å². The van der Waals surface area contributed by atoms with Crippen molar-refractivity contribution in [2.24, 2.45) is 0 Å². The molecular formula is C19H44N2O9Si2. The molecule has 13 heteroatoms. The first-order valence-corrected chi connectivity index (χ1v) is 14.7. The zero-order chi connectivity index (χ0) is 24.5. The Morgan fingerprint density at radius 2 is 1.03 bits per heavy atom. The topological polar surface area (TPSA) is 119 Å². The number of amides is 1. The van der Waals surface area contributed by atoms with Crippen LogP contribution in [0.15, 0.2) is 0 Å². The highest BCUT2D eigenvalue weighted by atomic mass is 28.4. The van der Waals surface area contributed by atoms with Gasteiger partial charge in [-0.15, -0.1) is 0 Å². The van der Waals surface area contributed by atoms with E-state index in [0.29, 0.717) is 25.1 Å². The van der Waals surface area contributed by atoms with Crippen molar-refractivity contribution in [3.63, 3.8) is 0 Å². The van der Waals surface area contributed by atoms with Gasteiger partial charge in [-0.1, -0.05) is 0 Å². The summed E-state index contributed by atoms with van der Waals surface area (Å²) in [5.74, 6) is -0.0955. The Kier molecular flexibility index (Phi) is 17.7. The van der Waals surface area contributed by atoms with Crippen molar-refractivity contribution in [1.82, 2.24) is 9.80 Å². The van der Waals surface area contributed by atoms with E-state index in [1.807, 2.05) is 0 Å². The molecule has 11 nitrogen and oxygen atoms in total. The molecule has 0 rings (SSSR count). The minimum Gasteiger partial charge on any atom is -0.395 e. The van der Waals surface area contributed by atoms with Crippen LogP contribution in [0.2, 0.25) is 12.1 Å². The number of carbonyl (C=O) groups excluding carboxylic acids is 1. The molecule has 1 amide bonds. The van der Waals surface area contributed by atoms with Gasteiger partial charge in [0.2, 0.25) is 5.91 Å². The zero-order valence-electron chi connectivity index (χ0n) is 20.6. The number of nitrogens with zero attached hydrogens (tertiary/aromatic N) is 2. The summed E-state index contributed by atoms with van der Waals surface area (Å²) in [5.41, 5.74) is 0. The molecule has 0 fully saturated rings. The molecule has 0 spiro atoms. The van der Waals surface area contributed by atoms with Crippen molar-refractivity contribution < 1.29 is 41.6 Å². The summed E-state index contributed by atoms with van der Waals surface area (Å²) in [7, 11) is 4.25. The summed E-state index contributed by atoms with van der Waals surface area (Å²) in [6, 6.07) is 1.32. The van der Waals surface area contributed by atoms with Crippen molar-refractivity contribution in [3.05, 3.63) is 0 Å². The zero-order valence-corrected chi connectivity index (χ0v) is 22.6. The maximum absolute atomic E-state index is 12.5. The van der Waals surface area contributed by atoms with Crippen LogP contribution < -0.4 is 0 Å². The molecule has 0 bridgehead atoms. The molecule has 0 unspecified atom stereocenters. The molecule has 0 aromatic rings. The molecule has 0 aliphatic rings. The molecule has 32 heavy (non-hydrogen) atoms. The second-order valence-corrected chi connectivity index (χ2v) is 13.4. The number of hydrogen-bond acceptors (Lipinski definition) is 10. The van der Waals surface area contributed by atoms with Crippen LogP contribution in [-0.2, 0) is 31.4 Å². The van der Waals surface area contributed by atoms with E-state index >= 15 is 0 Å². The second kappa shape index (κ2) is 17.9. The van der Waals surface area contributed by atoms with Crippen LogP contribution in [0.3, 0.4) is 0 Å². The largest absolute Gasteiger partial charge is 0.500 e. The maximum Gasteiger partial charge on any atom is 0.500 e. The molecule has 0 radical (unpaired) electrons. The molecule has 0 saturated heterocycles. The van der Waals surface area contributed by atoms with Crippen molar-refractivity contribution in [3.8, 4) is 0 Å². The Bertz CT molecular complexity index is 435. The monoisotopic (exact) mass is 500 g/mol. The van der Waals surface area contributed by atoms with Crippen molar-refractivity contribution >= 4 is 23.5 Å². The summed E-state index contributed by atoms with van der Waals surface area (Å²) in [4.78, 5) is 16.2. The van der Waals surface area contributed by atoms with Gasteiger partial charge in [0.15, 0.2) is 0 Å². The summed E-state index contributed by atoms with van der Waals surface area (Å²) in [5, 5.41) is 18.3. The lowest BCUT2D eigenvalue weighted by Crippen LogP contribution is -2.44. The van der Waals surface area contributed by atoms with E-state index in [2.05, 4.69) is 4.90 Å². The number of aliphatic hydroxyl groups excluding tert-OH is 2. The van der Waals surface area contributed by atoms with E-state index in [1.54, 1.807) is 42.7 Å². The minimum atomic E-state index is -2.66. The average Bonchev–Trinajstić information content (AvgIpc) is 2.82. The van der Waals surface area contributed by atoms with Gasteiger partial charge in [-0.25, -0.2) is 0 Å². The van der Waals surface area contributed by atoms with Crippen LogP contribution in [0.1, 0.15) is 19.3 Å². The van der Waals surface area contributed by atoms with Crippen LogP contribution >= 0.6 is 0 Å². The third-order valence-corrected chi connectivity index (χ3v) is 11.2. The number of carbonyl (C=O) groups is 1. The Morgan fingerprint density at radius 3 is 1.34 bits per heavy atom. The highest BCUT2D eigenvalue weighted by Gasteiger charge is 2.38. The van der Waals surface area contributed by atoms with E-state index in [4.69, 9.17) is 36.8 Å². The van der Waals surface area contributed by atoms with E-state index in [9.17, 15) is 4.79 Å². The van der Waals surface area contributed by atoms with Crippen LogP contribution in [0, 0.1) is 0 Å². The second-order valence-electron chi connectivity index (χ2n) is 7.22. The van der Waals surface area contributed by atoms with Gasteiger partial charge in [0.05, 0.1) is 13.2 Å². The quantitative estimate of drug-likeness (QED) is 0.209. The molecule has 0 aromatic carbocycles. The maximum atomic E-state index is 12.5. The van der Waals surface area contributed by atoms with E-state index in [-0.39, 0.29) is 32.2 Å². The molecule has 2 N–H and O–H groups in total. The van der Waals surface area contributed by atoms with E-state index < -0.39 is 17.6 Å². The fourth-order valence-corrected chi connectivity index (χ4v) is 6.91. The SMILES string of the molecule is CO[Si](CCCN(CCC[Si](OC)(OC)OC)CCC(=O)N(CCO)CCO)(OC)OC. The lowest BCUT2D eigenvalue weighted by molar-refractivity contribution is -0.132. The molecule has 0 atom stereocenters. The molecular weight excluding hydrogens is 456 g/mol. The Morgan fingerprint density at radius 1 is 0.656 bits per heavy atom. The first kappa shape index (κ1) is 31.5. The van der Waals surface area contributed by atoms with E-state index in [1.165, 1.54) is 4.90 Å². The molecule has 192 valence electrons. The summed E-state index contributed by atoms with van der Waals surface area (Å²) in [6.45, 7) is 2.18. The summed E-state index contributed by atoms with van der Waals surface area (Å²) < 4.78 is 33.0. The predicted molar refractivity (Wildman–Crippen MR) is 124 cm³/mol. The number of hydrogen-bond donors (Lipinski definition) is 2. The molecule has 0 aromatic heterocycles. The highest BCUT2D eigenvalue weighted by Crippen LogP contribution is 2.18. The lowest BCUT2D eigenvalue weighted by Gasteiger charge is -2.29. The van der Waals surface area contributed by atoms with Gasteiger partial charge in [0.1, 0.15) is 0 Å². The minimum absolute atomic E-state index is 0.0955. The fourth-order valence-electron chi connectivity index (χ4n) is 3.50. The fraction of sp³-hybridized carbons (Fsp3) is 0.947. The summed E-state index contributed by atoms with van der Waals surface area (Å²) >= 11 is 0. The Balaban J connectivity index is 4.99. The highest BCUT2D eigenvalue weighted by molar-refractivity contribution is 6.60. The number of aliphatic hydroxyl groups is 2. The van der Waals surface area contributed by atoms with Gasteiger partial charge in [-0.2, -0.15) is 0 Å². The third-order valence-electron chi connectivity index (χ3n) is 5.52. The lowest BCUT2D eigenvalue weighted by atomic mass is 10.3. The predicted octanol–water partition coefficient (Wildman–Crippen LogP) is 0.0281. The van der Waals surface area contributed by atoms with Gasteiger partial charge in [0, 0.05) is 80.8 Å². The van der Waals surface area contributed by atoms with Gasteiger partial charge < -0.3 is 46.6 Å². The van der Waals surface area contributed by atoms with Crippen molar-refractivity contribution in [2.45, 2.75) is 31.4 Å². The van der Waals surface area contributed by atoms with Crippen molar-refractivity contribution in [1.29, 1.82) is 0 Å². The van der Waals surface area contributed by atoms with Gasteiger partial charge in [-0.05, 0) is 25.9 Å². The smallest absolute Gasteiger partial charge is 0.395 e. The van der Waals surface area contributed by atoms with Crippen LogP contribution in [0.4, 0.5) is 0 Å². The molecule has 0 saturated carbocycles. The van der Waals surface area contributed by atoms with Gasteiger partial charge >= 0.3 is 17.6 Å². The molecule has 0 aliphatic heterocycles. The van der Waals surface area contributed by atoms with Gasteiger partial charge in [0.25, 0.3) is 0 Å². The average molecular weight is 501 g/mol. The summed E-state index contributed by atoms with van der Waals surface area (Å²) in [6.07, 6.45) is 1.87. The van der Waals surface area contributed by atoms with Crippen LogP contribution in [-0.4, -0.2) is 132 Å². The third kappa shape index (κ3) is 11.1. The molecule has 0 heterocycles. The standard InChI is InChI=1S/C19H44N2O9Si2/c1-25-31(26-2,27-3)17-7-10-20(11-8-18-32(28-4,29-5)30-6)12-9-19(24)21(13-15-22)14-16-23/h22-23H,7-18H2,1-6H3. The Labute approximate surface area is 195 Å². The first-order chi connectivity index (χ1) is 15.3. The normalized spacial score (nSPS) is 12.5. The van der Waals surface area contributed by atoms with Crippen LogP contribution in [0.25, 0.3) is 0 Å². The first-order valence-electron chi connectivity index (χ1n) is 10.9. The van der Waals surface area contributed by atoms with Crippen LogP contribution in [0.5, 0.6) is 0 Å². The van der Waals surface area contributed by atoms with E-state index in [0.717, 1.165) is 25.9 Å². The number of rotatable bonds is 21. The Hall–Kier alpha value is -0.456.